The summed E-state index contributed by atoms with van der Waals surface area (Å²) < 4.78 is 0. The van der Waals surface area contributed by atoms with Crippen LogP contribution in [-0.4, -0.2) is 32.9 Å². The number of nitro groups is 2. The molecular formula is C23H24N2O6. The van der Waals surface area contributed by atoms with E-state index in [0.717, 1.165) is 18.4 Å². The number of fused-ring (bicyclic) bond motifs is 1. The molecule has 2 aliphatic carbocycles. The minimum atomic E-state index is -1.40. The minimum absolute atomic E-state index is 0.196. The van der Waals surface area contributed by atoms with Crippen LogP contribution in [0.2, 0.25) is 0 Å². The molecule has 4 rings (SSSR count). The molecule has 0 saturated heterocycles. The molecular weight excluding hydrogens is 400 g/mol. The van der Waals surface area contributed by atoms with Gasteiger partial charge >= 0.3 is 0 Å². The van der Waals surface area contributed by atoms with Crippen LogP contribution in [0, 0.1) is 32.1 Å². The van der Waals surface area contributed by atoms with Crippen LogP contribution in [-0.2, 0) is 4.79 Å². The highest BCUT2D eigenvalue weighted by molar-refractivity contribution is 5.61. The van der Waals surface area contributed by atoms with Crippen molar-refractivity contribution >= 4 is 12.0 Å². The number of rotatable bonds is 5. The number of carbonyl (C=O) groups excluding carboxylic acids is 1. The highest BCUT2D eigenvalue weighted by atomic mass is 16.6. The number of carbonyl (C=O) groups is 1. The molecule has 8 heteroatoms. The summed E-state index contributed by atoms with van der Waals surface area (Å²) in [5.74, 6) is -3.04. The summed E-state index contributed by atoms with van der Waals surface area (Å²) in [6.07, 6.45) is 3.14. The number of non-ortho nitro benzene ring substituents is 1. The van der Waals surface area contributed by atoms with Crippen LogP contribution in [0.25, 0.3) is 0 Å². The number of aliphatic hydroxyl groups is 1. The highest BCUT2D eigenvalue weighted by Crippen LogP contribution is 2.58. The standard InChI is InChI=1S/C23H24N2O6/c26-14-19-21(16-9-6-10-17(13-16)24(28)29)22(25(30)31)20(15-7-2-1-3-8-15)18-11-4-5-12-23(18,19)27/h1-3,6-10,13-14,18-22,27H,4-5,11-12H2/t18-,19+,20-,21+,22+,23-/m0/s1. The Balaban J connectivity index is 1.94. The molecule has 8 nitrogen and oxygen atoms in total. The van der Waals surface area contributed by atoms with Crippen LogP contribution < -0.4 is 0 Å². The third-order valence-corrected chi connectivity index (χ3v) is 7.16. The summed E-state index contributed by atoms with van der Waals surface area (Å²) >= 11 is 0. The minimum Gasteiger partial charge on any atom is -0.389 e. The van der Waals surface area contributed by atoms with Crippen molar-refractivity contribution in [2.45, 2.75) is 49.2 Å². The smallest absolute Gasteiger partial charge is 0.269 e. The fraction of sp³-hybridized carbons (Fsp3) is 0.435. The van der Waals surface area contributed by atoms with Crippen molar-refractivity contribution in [1.29, 1.82) is 0 Å². The average Bonchev–Trinajstić information content (AvgIpc) is 2.77. The largest absolute Gasteiger partial charge is 0.389 e. The van der Waals surface area contributed by atoms with Gasteiger partial charge in [-0.1, -0.05) is 55.3 Å². The number of hydrogen-bond donors (Lipinski definition) is 1. The molecule has 0 unspecified atom stereocenters. The van der Waals surface area contributed by atoms with Gasteiger partial charge in [-0.2, -0.15) is 0 Å². The van der Waals surface area contributed by atoms with Crippen LogP contribution >= 0.6 is 0 Å². The number of nitro benzene ring substituents is 1. The first kappa shape index (κ1) is 21.1. The van der Waals surface area contributed by atoms with Crippen LogP contribution in [0.3, 0.4) is 0 Å². The van der Waals surface area contributed by atoms with Gasteiger partial charge in [-0.3, -0.25) is 20.2 Å². The van der Waals surface area contributed by atoms with E-state index in [9.17, 15) is 30.1 Å². The van der Waals surface area contributed by atoms with Crippen molar-refractivity contribution < 1.29 is 19.7 Å². The quantitative estimate of drug-likeness (QED) is 0.442. The summed E-state index contributed by atoms with van der Waals surface area (Å²) in [5, 5.41) is 35.6. The lowest BCUT2D eigenvalue weighted by atomic mass is 9.51. The molecule has 6 atom stereocenters. The Labute approximate surface area is 179 Å². The van der Waals surface area contributed by atoms with E-state index in [1.807, 2.05) is 30.3 Å². The molecule has 162 valence electrons. The molecule has 0 amide bonds. The Kier molecular flexibility index (Phi) is 5.58. The van der Waals surface area contributed by atoms with E-state index in [2.05, 4.69) is 0 Å². The molecule has 2 aromatic rings. The maximum atomic E-state index is 12.5. The highest BCUT2D eigenvalue weighted by Gasteiger charge is 2.63. The van der Waals surface area contributed by atoms with Gasteiger partial charge in [0.25, 0.3) is 5.69 Å². The molecule has 0 heterocycles. The van der Waals surface area contributed by atoms with Crippen molar-refractivity contribution in [2.24, 2.45) is 11.8 Å². The Hall–Kier alpha value is -3.13. The predicted octanol–water partition coefficient (Wildman–Crippen LogP) is 3.86. The summed E-state index contributed by atoms with van der Waals surface area (Å²) in [5.41, 5.74) is -0.513. The van der Waals surface area contributed by atoms with E-state index < -0.39 is 40.2 Å². The molecule has 0 aliphatic heterocycles. The van der Waals surface area contributed by atoms with Gasteiger partial charge in [0.15, 0.2) is 0 Å². The van der Waals surface area contributed by atoms with E-state index in [1.54, 1.807) is 6.07 Å². The third kappa shape index (κ3) is 3.50. The van der Waals surface area contributed by atoms with Gasteiger partial charge in [0.2, 0.25) is 6.04 Å². The zero-order valence-electron chi connectivity index (χ0n) is 16.9. The Morgan fingerprint density at radius 3 is 2.32 bits per heavy atom. The normalized spacial score (nSPS) is 32.6. The zero-order chi connectivity index (χ0) is 22.2. The molecule has 1 N–H and O–H groups in total. The van der Waals surface area contributed by atoms with E-state index >= 15 is 0 Å². The molecule has 0 bridgehead atoms. The lowest BCUT2D eigenvalue weighted by Crippen LogP contribution is -2.61. The second-order valence-electron chi connectivity index (χ2n) is 8.60. The van der Waals surface area contributed by atoms with Gasteiger partial charge in [-0.25, -0.2) is 0 Å². The van der Waals surface area contributed by atoms with Gasteiger partial charge in [-0.15, -0.1) is 0 Å². The molecule has 0 spiro atoms. The monoisotopic (exact) mass is 424 g/mol. The molecule has 31 heavy (non-hydrogen) atoms. The maximum absolute atomic E-state index is 12.5. The predicted molar refractivity (Wildman–Crippen MR) is 112 cm³/mol. The summed E-state index contributed by atoms with van der Waals surface area (Å²) in [4.78, 5) is 35.2. The lowest BCUT2D eigenvalue weighted by molar-refractivity contribution is -0.541. The molecule has 2 aliphatic rings. The Morgan fingerprint density at radius 1 is 0.968 bits per heavy atom. The van der Waals surface area contributed by atoms with Gasteiger partial charge < -0.3 is 9.90 Å². The fourth-order valence-corrected chi connectivity index (χ4v) is 5.92. The second kappa shape index (κ2) is 8.19. The second-order valence-corrected chi connectivity index (χ2v) is 8.60. The van der Waals surface area contributed by atoms with E-state index in [-0.39, 0.29) is 10.6 Å². The Bertz CT molecular complexity index is 997. The van der Waals surface area contributed by atoms with Gasteiger partial charge in [0.05, 0.1) is 28.3 Å². The van der Waals surface area contributed by atoms with E-state index in [0.29, 0.717) is 24.7 Å². The number of aldehydes is 1. The van der Waals surface area contributed by atoms with Gasteiger partial charge in [0.1, 0.15) is 6.29 Å². The van der Waals surface area contributed by atoms with Crippen LogP contribution in [0.15, 0.2) is 54.6 Å². The van der Waals surface area contributed by atoms with E-state index in [1.165, 1.54) is 18.2 Å². The molecule has 0 aromatic heterocycles. The molecule has 2 fully saturated rings. The van der Waals surface area contributed by atoms with Crippen LogP contribution in [0.1, 0.15) is 48.6 Å². The van der Waals surface area contributed by atoms with Gasteiger partial charge in [0, 0.05) is 23.0 Å². The average molecular weight is 424 g/mol. The van der Waals surface area contributed by atoms with Crippen LogP contribution in [0.5, 0.6) is 0 Å². The van der Waals surface area contributed by atoms with E-state index in [4.69, 9.17) is 0 Å². The molecule has 2 saturated carbocycles. The first-order chi connectivity index (χ1) is 14.9. The fourth-order valence-electron chi connectivity index (χ4n) is 5.92. The third-order valence-electron chi connectivity index (χ3n) is 7.16. The zero-order valence-corrected chi connectivity index (χ0v) is 16.9. The first-order valence-corrected chi connectivity index (χ1v) is 10.5. The SMILES string of the molecule is O=C[C@@H]1[C@@H](c2cccc([N+](=O)[O-])c2)[C@H]([N+](=O)[O-])[C@@H](c2ccccc2)[C@@H]2CCCC[C@@]12O. The summed E-state index contributed by atoms with van der Waals surface area (Å²) in [7, 11) is 0. The first-order valence-electron chi connectivity index (χ1n) is 10.5. The number of nitrogens with zero attached hydrogens (tertiary/aromatic N) is 2. The van der Waals surface area contributed by atoms with Crippen molar-refractivity contribution in [3.8, 4) is 0 Å². The summed E-state index contributed by atoms with van der Waals surface area (Å²) in [6, 6.07) is 13.6. The van der Waals surface area contributed by atoms with Crippen LogP contribution in [0.4, 0.5) is 5.69 Å². The lowest BCUT2D eigenvalue weighted by Gasteiger charge is -2.54. The topological polar surface area (TPSA) is 124 Å². The van der Waals surface area contributed by atoms with Crippen molar-refractivity contribution in [2.75, 3.05) is 0 Å². The molecule has 2 aromatic carbocycles. The molecule has 0 radical (unpaired) electrons. The number of benzene rings is 2. The Morgan fingerprint density at radius 2 is 1.68 bits per heavy atom. The van der Waals surface area contributed by atoms with Crippen molar-refractivity contribution in [3.63, 3.8) is 0 Å². The van der Waals surface area contributed by atoms with Crippen molar-refractivity contribution in [1.82, 2.24) is 0 Å². The van der Waals surface area contributed by atoms with Crippen molar-refractivity contribution in [3.05, 3.63) is 86.0 Å². The van der Waals surface area contributed by atoms with Gasteiger partial charge in [-0.05, 0) is 24.0 Å². The number of hydrogen-bond acceptors (Lipinski definition) is 6. The maximum Gasteiger partial charge on any atom is 0.269 e. The summed E-state index contributed by atoms with van der Waals surface area (Å²) in [6.45, 7) is 0.